The summed E-state index contributed by atoms with van der Waals surface area (Å²) in [5.74, 6) is 0.534. The number of nitrogens with one attached hydrogen (secondary N) is 1. The van der Waals surface area contributed by atoms with Crippen molar-refractivity contribution in [2.45, 2.75) is 6.04 Å². The summed E-state index contributed by atoms with van der Waals surface area (Å²) >= 11 is 0. The van der Waals surface area contributed by atoms with Crippen LogP contribution < -0.4 is 11.1 Å². The van der Waals surface area contributed by atoms with Crippen LogP contribution in [-0.2, 0) is 0 Å². The standard InChI is InChI=1S/C15H15N3O/c1-17-14(11-6-4-8-18-15(11)16)12-9-19-13-7-3-2-5-10(12)13/h2-9,14,17H,1H3,(H2,16,18). The first-order valence-electron chi connectivity index (χ1n) is 6.15. The van der Waals surface area contributed by atoms with Gasteiger partial charge in [-0.3, -0.25) is 0 Å². The van der Waals surface area contributed by atoms with Crippen molar-refractivity contribution in [2.24, 2.45) is 0 Å². The fraction of sp³-hybridized carbons (Fsp3) is 0.133. The van der Waals surface area contributed by atoms with Gasteiger partial charge in [-0.05, 0) is 19.2 Å². The van der Waals surface area contributed by atoms with E-state index < -0.39 is 0 Å². The lowest BCUT2D eigenvalue weighted by atomic mass is 9.99. The zero-order valence-electron chi connectivity index (χ0n) is 10.6. The number of benzene rings is 1. The highest BCUT2D eigenvalue weighted by molar-refractivity contribution is 5.82. The average Bonchev–Trinajstić information content (AvgIpc) is 2.86. The fourth-order valence-electron chi connectivity index (χ4n) is 2.37. The summed E-state index contributed by atoms with van der Waals surface area (Å²) in [6, 6.07) is 11.8. The molecule has 96 valence electrons. The fourth-order valence-corrected chi connectivity index (χ4v) is 2.37. The number of nitrogens with two attached hydrogens (primary N) is 1. The predicted molar refractivity (Wildman–Crippen MR) is 75.8 cm³/mol. The van der Waals surface area contributed by atoms with E-state index in [0.29, 0.717) is 5.82 Å². The highest BCUT2D eigenvalue weighted by Gasteiger charge is 2.19. The van der Waals surface area contributed by atoms with E-state index in [1.165, 1.54) is 0 Å². The molecular formula is C15H15N3O. The number of aromatic nitrogens is 1. The molecule has 3 rings (SSSR count). The monoisotopic (exact) mass is 253 g/mol. The number of hydrogen-bond acceptors (Lipinski definition) is 4. The summed E-state index contributed by atoms with van der Waals surface area (Å²) < 4.78 is 5.59. The van der Waals surface area contributed by atoms with Crippen LogP contribution >= 0.6 is 0 Å². The molecule has 0 spiro atoms. The summed E-state index contributed by atoms with van der Waals surface area (Å²) in [4.78, 5) is 4.15. The molecule has 0 saturated heterocycles. The van der Waals surface area contributed by atoms with E-state index in [1.807, 2.05) is 43.4 Å². The second kappa shape index (κ2) is 4.74. The number of rotatable bonds is 3. The van der Waals surface area contributed by atoms with Gasteiger partial charge in [-0.15, -0.1) is 0 Å². The molecule has 19 heavy (non-hydrogen) atoms. The summed E-state index contributed by atoms with van der Waals surface area (Å²) in [5.41, 5.74) is 8.86. The van der Waals surface area contributed by atoms with Crippen molar-refractivity contribution in [1.29, 1.82) is 0 Å². The Morgan fingerprint density at radius 3 is 2.79 bits per heavy atom. The summed E-state index contributed by atoms with van der Waals surface area (Å²) in [6.07, 6.45) is 3.47. The highest BCUT2D eigenvalue weighted by atomic mass is 16.3. The largest absolute Gasteiger partial charge is 0.464 e. The molecular weight excluding hydrogens is 238 g/mol. The highest BCUT2D eigenvalue weighted by Crippen LogP contribution is 2.31. The zero-order chi connectivity index (χ0) is 13.2. The molecule has 0 aliphatic carbocycles. The van der Waals surface area contributed by atoms with Crippen LogP contribution in [0.25, 0.3) is 11.0 Å². The third-order valence-corrected chi connectivity index (χ3v) is 3.29. The van der Waals surface area contributed by atoms with E-state index in [2.05, 4.69) is 10.3 Å². The lowest BCUT2D eigenvalue weighted by Crippen LogP contribution is -2.19. The van der Waals surface area contributed by atoms with E-state index in [0.717, 1.165) is 22.1 Å². The molecule has 1 unspecified atom stereocenters. The molecule has 4 heteroatoms. The molecule has 0 fully saturated rings. The molecule has 0 aliphatic heterocycles. The number of furan rings is 1. The molecule has 0 radical (unpaired) electrons. The number of hydrogen-bond donors (Lipinski definition) is 2. The molecule has 0 bridgehead atoms. The quantitative estimate of drug-likeness (QED) is 0.753. The van der Waals surface area contributed by atoms with Crippen LogP contribution in [0.2, 0.25) is 0 Å². The molecule has 3 N–H and O–H groups in total. The Labute approximate surface area is 111 Å². The number of para-hydroxylation sites is 1. The van der Waals surface area contributed by atoms with Gasteiger partial charge < -0.3 is 15.5 Å². The summed E-state index contributed by atoms with van der Waals surface area (Å²) in [7, 11) is 1.90. The predicted octanol–water partition coefficient (Wildman–Crippen LogP) is 2.72. The molecule has 4 nitrogen and oxygen atoms in total. The van der Waals surface area contributed by atoms with Crippen molar-refractivity contribution in [2.75, 3.05) is 12.8 Å². The van der Waals surface area contributed by atoms with Crippen LogP contribution in [0.1, 0.15) is 17.2 Å². The number of nitrogens with zero attached hydrogens (tertiary/aromatic N) is 1. The molecule has 0 saturated carbocycles. The normalized spacial score (nSPS) is 12.7. The number of nitrogen functional groups attached to an aromatic ring is 1. The average molecular weight is 253 g/mol. The van der Waals surface area contributed by atoms with Crippen molar-refractivity contribution in [3.05, 3.63) is 60.0 Å². The van der Waals surface area contributed by atoms with Crippen LogP contribution in [0.3, 0.4) is 0 Å². The minimum absolute atomic E-state index is 0.0302. The molecule has 1 atom stereocenters. The van der Waals surface area contributed by atoms with Gasteiger partial charge in [-0.2, -0.15) is 0 Å². The van der Waals surface area contributed by atoms with Crippen molar-refractivity contribution >= 4 is 16.8 Å². The molecule has 2 heterocycles. The summed E-state index contributed by atoms with van der Waals surface area (Å²) in [6.45, 7) is 0. The van der Waals surface area contributed by atoms with E-state index in [1.54, 1.807) is 12.5 Å². The van der Waals surface area contributed by atoms with Gasteiger partial charge in [-0.25, -0.2) is 4.98 Å². The minimum atomic E-state index is -0.0302. The Hall–Kier alpha value is -2.33. The second-order valence-corrected chi connectivity index (χ2v) is 4.39. The van der Waals surface area contributed by atoms with Gasteiger partial charge in [0.05, 0.1) is 12.3 Å². The first-order chi connectivity index (χ1) is 9.31. The SMILES string of the molecule is CNC(c1cccnc1N)c1coc2ccccc12. The smallest absolute Gasteiger partial charge is 0.134 e. The van der Waals surface area contributed by atoms with Crippen molar-refractivity contribution in [3.63, 3.8) is 0 Å². The summed E-state index contributed by atoms with van der Waals surface area (Å²) in [5, 5.41) is 4.36. The van der Waals surface area contributed by atoms with Crippen LogP contribution in [0.15, 0.2) is 53.3 Å². The van der Waals surface area contributed by atoms with Crippen LogP contribution in [0.5, 0.6) is 0 Å². The Morgan fingerprint density at radius 2 is 2.00 bits per heavy atom. The minimum Gasteiger partial charge on any atom is -0.464 e. The first-order valence-corrected chi connectivity index (χ1v) is 6.15. The van der Waals surface area contributed by atoms with Crippen molar-refractivity contribution in [3.8, 4) is 0 Å². The molecule has 1 aromatic carbocycles. The Balaban J connectivity index is 2.15. The van der Waals surface area contributed by atoms with Gasteiger partial charge in [0.25, 0.3) is 0 Å². The lowest BCUT2D eigenvalue weighted by Gasteiger charge is -2.16. The van der Waals surface area contributed by atoms with Gasteiger partial charge in [0.2, 0.25) is 0 Å². The molecule has 0 aliphatic rings. The Bertz CT molecular complexity index is 705. The van der Waals surface area contributed by atoms with E-state index >= 15 is 0 Å². The number of fused-ring (bicyclic) bond motifs is 1. The maximum atomic E-state index is 5.97. The van der Waals surface area contributed by atoms with Gasteiger partial charge >= 0.3 is 0 Å². The van der Waals surface area contributed by atoms with E-state index in [9.17, 15) is 0 Å². The zero-order valence-corrected chi connectivity index (χ0v) is 10.6. The lowest BCUT2D eigenvalue weighted by molar-refractivity contribution is 0.597. The molecule has 0 amide bonds. The maximum absolute atomic E-state index is 5.97. The molecule has 3 aromatic rings. The molecule has 2 aromatic heterocycles. The number of pyridine rings is 1. The van der Waals surface area contributed by atoms with Gasteiger partial charge in [-0.1, -0.05) is 24.3 Å². The first kappa shape index (κ1) is 11.7. The van der Waals surface area contributed by atoms with Crippen LogP contribution in [0, 0.1) is 0 Å². The van der Waals surface area contributed by atoms with E-state index in [-0.39, 0.29) is 6.04 Å². The maximum Gasteiger partial charge on any atom is 0.134 e. The van der Waals surface area contributed by atoms with E-state index in [4.69, 9.17) is 10.2 Å². The second-order valence-electron chi connectivity index (χ2n) is 4.39. The third-order valence-electron chi connectivity index (χ3n) is 3.29. The number of anilines is 1. The van der Waals surface area contributed by atoms with Crippen molar-refractivity contribution < 1.29 is 4.42 Å². The van der Waals surface area contributed by atoms with Gasteiger partial charge in [0.1, 0.15) is 11.4 Å². The van der Waals surface area contributed by atoms with Crippen molar-refractivity contribution in [1.82, 2.24) is 10.3 Å². The van der Waals surface area contributed by atoms with Crippen LogP contribution in [0.4, 0.5) is 5.82 Å². The third kappa shape index (κ3) is 1.96. The van der Waals surface area contributed by atoms with Gasteiger partial charge in [0.15, 0.2) is 0 Å². The Kier molecular flexibility index (Phi) is 2.93. The Morgan fingerprint density at radius 1 is 1.16 bits per heavy atom. The topological polar surface area (TPSA) is 64.1 Å². The van der Waals surface area contributed by atoms with Crippen LogP contribution in [-0.4, -0.2) is 12.0 Å². The van der Waals surface area contributed by atoms with Gasteiger partial charge in [0, 0.05) is 22.7 Å².